The van der Waals surface area contributed by atoms with E-state index in [0.717, 1.165) is 22.4 Å². The monoisotopic (exact) mass is 682 g/mol. The molecule has 3 rings (SSSR count). The SMILES string of the molecule is CN(C)CCN(Cc1ccc(C(=O)Nc2cscc2NC(=O)OC(C)(C)C)nc1)C(=O)Nc1cccc(C(C)(C)C)c1CO[SiH](C)C. The minimum absolute atomic E-state index is 0.123. The van der Waals surface area contributed by atoms with Crippen molar-refractivity contribution in [3.05, 3.63) is 69.7 Å². The predicted octanol–water partition coefficient (Wildman–Crippen LogP) is 7.14. The number of hydrogen-bond donors (Lipinski definition) is 3. The van der Waals surface area contributed by atoms with E-state index < -0.39 is 26.6 Å². The van der Waals surface area contributed by atoms with Gasteiger partial charge in [-0.2, -0.15) is 0 Å². The Hall–Kier alpha value is -3.78. The molecule has 2 aromatic heterocycles. The van der Waals surface area contributed by atoms with Gasteiger partial charge < -0.3 is 29.6 Å². The van der Waals surface area contributed by atoms with Crippen LogP contribution in [-0.4, -0.2) is 74.6 Å². The van der Waals surface area contributed by atoms with Gasteiger partial charge in [0.2, 0.25) is 0 Å². The number of urea groups is 1. The highest BCUT2D eigenvalue weighted by atomic mass is 32.1. The van der Waals surface area contributed by atoms with Crippen LogP contribution < -0.4 is 16.0 Å². The molecule has 256 valence electrons. The van der Waals surface area contributed by atoms with Crippen LogP contribution in [0.3, 0.4) is 0 Å². The van der Waals surface area contributed by atoms with Crippen molar-refractivity contribution in [3.63, 3.8) is 0 Å². The average Bonchev–Trinajstić information content (AvgIpc) is 3.38. The summed E-state index contributed by atoms with van der Waals surface area (Å²) in [6.45, 7) is 18.0. The first-order valence-corrected chi connectivity index (χ1v) is 19.4. The standard InChI is InChI=1S/C34H50N6O5SSi/c1-33(2,3)25-12-11-13-26(24(25)20-44-47(9)10)37-31(42)40(17-16-39(7)8)19-23-14-15-27(35-18-23)30(41)36-28-21-46-22-29(28)38-32(43)45-34(4,5)6/h11-15,18,21-22,47H,16-17,19-20H2,1-10H3,(H,36,41)(H,37,42)(H,38,43). The van der Waals surface area contributed by atoms with E-state index in [1.807, 2.05) is 31.1 Å². The number of rotatable bonds is 12. The van der Waals surface area contributed by atoms with E-state index in [9.17, 15) is 14.4 Å². The molecule has 4 amide bonds. The number of hydrogen-bond acceptors (Lipinski definition) is 8. The summed E-state index contributed by atoms with van der Waals surface area (Å²) in [5.74, 6) is -0.428. The maximum absolute atomic E-state index is 13.8. The van der Waals surface area contributed by atoms with Crippen molar-refractivity contribution in [2.24, 2.45) is 0 Å². The van der Waals surface area contributed by atoms with E-state index in [-0.39, 0.29) is 17.1 Å². The third-order valence-electron chi connectivity index (χ3n) is 6.87. The van der Waals surface area contributed by atoms with Crippen LogP contribution in [0.25, 0.3) is 0 Å². The fourth-order valence-corrected chi connectivity index (χ4v) is 5.75. The van der Waals surface area contributed by atoms with E-state index in [4.69, 9.17) is 9.16 Å². The van der Waals surface area contributed by atoms with Crippen LogP contribution in [0.1, 0.15) is 68.7 Å². The van der Waals surface area contributed by atoms with Gasteiger partial charge in [0.1, 0.15) is 11.3 Å². The third-order valence-corrected chi connectivity index (χ3v) is 8.44. The second-order valence-corrected chi connectivity index (χ2v) is 17.1. The number of nitrogens with zero attached hydrogens (tertiary/aromatic N) is 3. The maximum Gasteiger partial charge on any atom is 0.412 e. The lowest BCUT2D eigenvalue weighted by atomic mass is 9.83. The van der Waals surface area contributed by atoms with Gasteiger partial charge in [0.25, 0.3) is 5.91 Å². The van der Waals surface area contributed by atoms with Gasteiger partial charge in [-0.3, -0.25) is 15.1 Å². The topological polar surface area (TPSA) is 125 Å². The second-order valence-electron chi connectivity index (χ2n) is 13.9. The fraction of sp³-hybridized carbons (Fsp3) is 0.471. The molecule has 3 aromatic rings. The van der Waals surface area contributed by atoms with Gasteiger partial charge in [-0.25, -0.2) is 9.59 Å². The minimum atomic E-state index is -1.29. The summed E-state index contributed by atoms with van der Waals surface area (Å²) in [5, 5.41) is 12.1. The largest absolute Gasteiger partial charge is 0.444 e. The fourth-order valence-electron chi connectivity index (χ4n) is 4.54. The smallest absolute Gasteiger partial charge is 0.412 e. The van der Waals surface area contributed by atoms with Crippen molar-refractivity contribution >= 4 is 55.5 Å². The number of nitrogens with one attached hydrogen (secondary N) is 3. The number of carbonyl (C=O) groups is 3. The molecule has 0 aliphatic carbocycles. The number of benzene rings is 1. The molecule has 0 unspecified atom stereocenters. The summed E-state index contributed by atoms with van der Waals surface area (Å²) in [7, 11) is 2.64. The normalized spacial score (nSPS) is 11.8. The molecule has 0 saturated heterocycles. The molecule has 0 radical (unpaired) electrons. The first-order valence-electron chi connectivity index (χ1n) is 15.7. The summed E-state index contributed by atoms with van der Waals surface area (Å²) >= 11 is 1.33. The molecule has 0 atom stereocenters. The lowest BCUT2D eigenvalue weighted by Gasteiger charge is -2.28. The average molecular weight is 683 g/mol. The number of thiophene rings is 1. The Kier molecular flexibility index (Phi) is 13.1. The van der Waals surface area contributed by atoms with E-state index in [1.165, 1.54) is 11.3 Å². The number of amides is 4. The van der Waals surface area contributed by atoms with Gasteiger partial charge in [-0.1, -0.05) is 39.0 Å². The van der Waals surface area contributed by atoms with E-state index >= 15 is 0 Å². The summed E-state index contributed by atoms with van der Waals surface area (Å²) in [6.07, 6.45) is 0.992. The molecule has 0 saturated carbocycles. The molecule has 0 fully saturated rings. The van der Waals surface area contributed by atoms with Crippen LogP contribution in [0.2, 0.25) is 13.1 Å². The molecular weight excluding hydrogens is 633 g/mol. The van der Waals surface area contributed by atoms with Crippen LogP contribution in [0.4, 0.5) is 26.7 Å². The molecule has 3 N–H and O–H groups in total. The van der Waals surface area contributed by atoms with Crippen LogP contribution in [0.5, 0.6) is 0 Å². The van der Waals surface area contributed by atoms with Crippen molar-refractivity contribution in [3.8, 4) is 0 Å². The van der Waals surface area contributed by atoms with Gasteiger partial charge >= 0.3 is 12.1 Å². The lowest BCUT2D eigenvalue weighted by Crippen LogP contribution is -2.39. The highest BCUT2D eigenvalue weighted by Gasteiger charge is 2.23. The quantitative estimate of drug-likeness (QED) is 0.174. The number of likely N-dealkylation sites (N-methyl/N-ethyl adjacent to an activating group) is 1. The van der Waals surface area contributed by atoms with Crippen molar-refractivity contribution in [2.75, 3.05) is 43.1 Å². The first kappa shape index (κ1) is 37.7. The number of anilines is 3. The van der Waals surface area contributed by atoms with Gasteiger partial charge in [-0.15, -0.1) is 11.3 Å². The first-order chi connectivity index (χ1) is 21.9. The number of ether oxygens (including phenoxy) is 1. The molecule has 2 heterocycles. The minimum Gasteiger partial charge on any atom is -0.444 e. The molecule has 47 heavy (non-hydrogen) atoms. The molecule has 0 aliphatic rings. The molecular formula is C34H50N6O5SSi. The number of aromatic nitrogens is 1. The van der Waals surface area contributed by atoms with Crippen LogP contribution in [-0.2, 0) is 27.7 Å². The summed E-state index contributed by atoms with van der Waals surface area (Å²) in [4.78, 5) is 47.2. The van der Waals surface area contributed by atoms with Crippen LogP contribution >= 0.6 is 11.3 Å². The van der Waals surface area contributed by atoms with Gasteiger partial charge in [-0.05, 0) is 76.6 Å². The number of pyridine rings is 1. The van der Waals surface area contributed by atoms with E-state index in [1.54, 1.807) is 54.8 Å². The van der Waals surface area contributed by atoms with Crippen molar-refractivity contribution in [1.82, 2.24) is 14.8 Å². The zero-order chi connectivity index (χ0) is 34.9. The van der Waals surface area contributed by atoms with E-state index in [0.29, 0.717) is 37.6 Å². The van der Waals surface area contributed by atoms with Crippen molar-refractivity contribution in [1.29, 1.82) is 0 Å². The van der Waals surface area contributed by atoms with Gasteiger partial charge in [0.05, 0.1) is 18.0 Å². The molecule has 1 aromatic carbocycles. The van der Waals surface area contributed by atoms with E-state index in [2.05, 4.69) is 60.9 Å². The van der Waals surface area contributed by atoms with Crippen LogP contribution in [0, 0.1) is 0 Å². The zero-order valence-electron chi connectivity index (χ0n) is 29.3. The Morgan fingerprint density at radius 1 is 0.894 bits per heavy atom. The molecule has 0 spiro atoms. The molecule has 11 nitrogen and oxygen atoms in total. The highest BCUT2D eigenvalue weighted by molar-refractivity contribution is 7.09. The number of carbonyl (C=O) groups excluding carboxylic acids is 3. The zero-order valence-corrected chi connectivity index (χ0v) is 31.3. The molecule has 13 heteroatoms. The van der Waals surface area contributed by atoms with Crippen LogP contribution in [0.15, 0.2) is 47.3 Å². The Morgan fingerprint density at radius 3 is 2.15 bits per heavy atom. The van der Waals surface area contributed by atoms with Crippen molar-refractivity contribution < 1.29 is 23.5 Å². The Bertz CT molecular complexity index is 1510. The summed E-state index contributed by atoms with van der Waals surface area (Å²) < 4.78 is 11.4. The molecule has 0 aliphatic heterocycles. The predicted molar refractivity (Wildman–Crippen MR) is 193 cm³/mol. The Balaban J connectivity index is 1.75. The second kappa shape index (κ2) is 16.4. The summed E-state index contributed by atoms with van der Waals surface area (Å²) in [6, 6.07) is 9.17. The van der Waals surface area contributed by atoms with Gasteiger partial charge in [0.15, 0.2) is 9.04 Å². The summed E-state index contributed by atoms with van der Waals surface area (Å²) in [5.41, 5.74) is 3.95. The Labute approximate surface area is 284 Å². The maximum atomic E-state index is 13.8. The lowest BCUT2D eigenvalue weighted by molar-refractivity contribution is 0.0635. The van der Waals surface area contributed by atoms with Gasteiger partial charge in [0, 0.05) is 47.8 Å². The third kappa shape index (κ3) is 12.1. The van der Waals surface area contributed by atoms with Crippen molar-refractivity contribution in [2.45, 2.75) is 78.8 Å². The highest BCUT2D eigenvalue weighted by Crippen LogP contribution is 2.32. The Morgan fingerprint density at radius 2 is 1.57 bits per heavy atom. The molecule has 0 bridgehead atoms.